The van der Waals surface area contributed by atoms with E-state index >= 15 is 0 Å². The Kier molecular flexibility index (Phi) is 7.73. The van der Waals surface area contributed by atoms with Crippen molar-refractivity contribution in [2.75, 3.05) is 38.2 Å². The quantitative estimate of drug-likeness (QED) is 0.462. The Morgan fingerprint density at radius 3 is 1.64 bits per heavy atom. The molecule has 2 aromatic rings. The molecule has 6 nitrogen and oxygen atoms in total. The Morgan fingerprint density at radius 1 is 0.773 bits per heavy atom. The molecule has 0 aliphatic heterocycles. The van der Waals surface area contributed by atoms with Gasteiger partial charge in [0.05, 0.1) is 26.4 Å². The highest BCUT2D eigenvalue weighted by molar-refractivity contribution is 6.18. The fourth-order valence-electron chi connectivity index (χ4n) is 2.03. The molecule has 0 spiro atoms. The molecule has 0 aliphatic carbocycles. The molecule has 0 radical (unpaired) electrons. The number of rotatable bonds is 11. The molecule has 0 N–H and O–H groups in total. The Bertz CT molecular complexity index is 496. The first-order chi connectivity index (χ1) is 10.9. The van der Waals surface area contributed by atoms with Gasteiger partial charge in [0.25, 0.3) is 0 Å². The molecule has 0 aromatic carbocycles. The van der Waals surface area contributed by atoms with Gasteiger partial charge in [-0.25, -0.2) is 9.97 Å². The second kappa shape index (κ2) is 9.84. The Labute approximate surface area is 140 Å². The van der Waals surface area contributed by atoms with E-state index in [9.17, 15) is 0 Å². The van der Waals surface area contributed by atoms with Gasteiger partial charge in [0.2, 0.25) is 0 Å². The predicted molar refractivity (Wildman–Crippen MR) is 86.5 cm³/mol. The van der Waals surface area contributed by atoms with Gasteiger partial charge >= 0.3 is 0 Å². The summed E-state index contributed by atoms with van der Waals surface area (Å²) in [5.74, 6) is 2.64. The molecular weight excluding hydrogens is 327 g/mol. The smallest absolute Gasteiger partial charge is 0.176 e. The number of hydrogen-bond donors (Lipinski definition) is 0. The minimum atomic E-state index is 0.503. The SMILES string of the molecule is ClCCOCCn1ccnc1-c1nccn1CCOCCCl. The summed E-state index contributed by atoms with van der Waals surface area (Å²) < 4.78 is 14.9. The van der Waals surface area contributed by atoms with Gasteiger partial charge in [-0.05, 0) is 0 Å². The third-order valence-corrected chi connectivity index (χ3v) is 3.34. The molecule has 22 heavy (non-hydrogen) atoms. The standard InChI is InChI=1S/C14H20Cl2N4O2/c15-1-9-21-11-7-19-5-3-17-13(19)14-18-4-6-20(14)8-12-22-10-2-16/h3-6H,1-2,7-12H2. The number of halogens is 2. The van der Waals surface area contributed by atoms with E-state index in [1.165, 1.54) is 0 Å². The van der Waals surface area contributed by atoms with Crippen LogP contribution >= 0.6 is 23.2 Å². The van der Waals surface area contributed by atoms with Gasteiger partial charge in [-0.2, -0.15) is 0 Å². The van der Waals surface area contributed by atoms with E-state index in [4.69, 9.17) is 32.7 Å². The predicted octanol–water partition coefficient (Wildman–Crippen LogP) is 2.26. The fraction of sp³-hybridized carbons (Fsp3) is 0.571. The minimum Gasteiger partial charge on any atom is -0.378 e. The highest BCUT2D eigenvalue weighted by Gasteiger charge is 2.12. The van der Waals surface area contributed by atoms with Crippen LogP contribution in [0.2, 0.25) is 0 Å². The third-order valence-electron chi connectivity index (χ3n) is 3.03. The fourth-order valence-corrected chi connectivity index (χ4v) is 2.25. The molecule has 0 aliphatic rings. The van der Waals surface area contributed by atoms with Crippen LogP contribution in [-0.2, 0) is 22.6 Å². The maximum absolute atomic E-state index is 5.59. The number of hydrogen-bond acceptors (Lipinski definition) is 4. The summed E-state index contributed by atoms with van der Waals surface area (Å²) in [4.78, 5) is 8.80. The zero-order chi connectivity index (χ0) is 15.6. The van der Waals surface area contributed by atoms with Gasteiger partial charge in [0, 0.05) is 49.6 Å². The lowest BCUT2D eigenvalue weighted by molar-refractivity contribution is 0.140. The average Bonchev–Trinajstić information content (AvgIpc) is 3.16. The summed E-state index contributed by atoms with van der Waals surface area (Å²) in [6.45, 7) is 3.71. The maximum atomic E-state index is 5.59. The first kappa shape index (κ1) is 17.3. The normalized spacial score (nSPS) is 11.2. The van der Waals surface area contributed by atoms with Crippen molar-refractivity contribution in [2.45, 2.75) is 13.1 Å². The number of aromatic nitrogens is 4. The van der Waals surface area contributed by atoms with Crippen LogP contribution in [0.4, 0.5) is 0 Å². The zero-order valence-electron chi connectivity index (χ0n) is 12.3. The van der Waals surface area contributed by atoms with Gasteiger partial charge in [-0.3, -0.25) is 0 Å². The van der Waals surface area contributed by atoms with Crippen molar-refractivity contribution in [2.24, 2.45) is 0 Å². The van der Waals surface area contributed by atoms with E-state index in [-0.39, 0.29) is 0 Å². The number of imidazole rings is 2. The summed E-state index contributed by atoms with van der Waals surface area (Å²) in [5, 5.41) is 0. The second-order valence-corrected chi connectivity index (χ2v) is 5.25. The van der Waals surface area contributed by atoms with Crippen molar-refractivity contribution in [1.29, 1.82) is 0 Å². The Hall–Kier alpha value is -1.08. The molecule has 2 heterocycles. The van der Waals surface area contributed by atoms with E-state index in [0.29, 0.717) is 51.3 Å². The van der Waals surface area contributed by atoms with Crippen molar-refractivity contribution in [1.82, 2.24) is 19.1 Å². The average molecular weight is 347 g/mol. The van der Waals surface area contributed by atoms with Gasteiger partial charge in [0.1, 0.15) is 0 Å². The highest BCUT2D eigenvalue weighted by Crippen LogP contribution is 2.15. The molecule has 0 atom stereocenters. The topological polar surface area (TPSA) is 54.1 Å². The highest BCUT2D eigenvalue weighted by atomic mass is 35.5. The van der Waals surface area contributed by atoms with E-state index < -0.39 is 0 Å². The molecule has 2 aromatic heterocycles. The molecule has 0 saturated carbocycles. The maximum Gasteiger partial charge on any atom is 0.176 e. The molecule has 0 amide bonds. The van der Waals surface area contributed by atoms with Crippen molar-refractivity contribution >= 4 is 23.2 Å². The number of nitrogens with zero attached hydrogens (tertiary/aromatic N) is 4. The monoisotopic (exact) mass is 346 g/mol. The van der Waals surface area contributed by atoms with Gasteiger partial charge < -0.3 is 18.6 Å². The summed E-state index contributed by atoms with van der Waals surface area (Å²) in [6.07, 6.45) is 7.37. The van der Waals surface area contributed by atoms with Gasteiger partial charge in [0.15, 0.2) is 11.6 Å². The molecule has 0 fully saturated rings. The van der Waals surface area contributed by atoms with E-state index in [0.717, 1.165) is 11.6 Å². The second-order valence-electron chi connectivity index (χ2n) is 4.49. The summed E-state index contributed by atoms with van der Waals surface area (Å²) in [5.41, 5.74) is 0. The largest absolute Gasteiger partial charge is 0.378 e. The summed E-state index contributed by atoms with van der Waals surface area (Å²) >= 11 is 11.2. The van der Waals surface area contributed by atoms with Crippen molar-refractivity contribution in [3.63, 3.8) is 0 Å². The molecule has 8 heteroatoms. The molecule has 0 saturated heterocycles. The van der Waals surface area contributed by atoms with Crippen LogP contribution in [0.15, 0.2) is 24.8 Å². The van der Waals surface area contributed by atoms with E-state index in [1.54, 1.807) is 12.4 Å². The third kappa shape index (κ3) is 4.98. The molecule has 0 unspecified atom stereocenters. The molecule has 0 bridgehead atoms. The molecule has 122 valence electrons. The van der Waals surface area contributed by atoms with Gasteiger partial charge in [-0.15, -0.1) is 23.2 Å². The zero-order valence-corrected chi connectivity index (χ0v) is 13.8. The first-order valence-corrected chi connectivity index (χ1v) is 8.23. The van der Waals surface area contributed by atoms with Crippen molar-refractivity contribution in [3.8, 4) is 11.6 Å². The summed E-state index contributed by atoms with van der Waals surface area (Å²) in [6, 6.07) is 0. The van der Waals surface area contributed by atoms with E-state index in [2.05, 4.69) is 9.97 Å². The molecular formula is C14H20Cl2N4O2. The number of alkyl halides is 2. The van der Waals surface area contributed by atoms with E-state index in [1.807, 2.05) is 21.5 Å². The van der Waals surface area contributed by atoms with Crippen LogP contribution < -0.4 is 0 Å². The van der Waals surface area contributed by atoms with Crippen LogP contribution in [0.3, 0.4) is 0 Å². The number of ether oxygens (including phenoxy) is 2. The van der Waals surface area contributed by atoms with Crippen LogP contribution in [0.1, 0.15) is 0 Å². The van der Waals surface area contributed by atoms with Crippen molar-refractivity contribution < 1.29 is 9.47 Å². The first-order valence-electron chi connectivity index (χ1n) is 7.17. The van der Waals surface area contributed by atoms with Crippen LogP contribution in [0, 0.1) is 0 Å². The van der Waals surface area contributed by atoms with Crippen LogP contribution in [0.5, 0.6) is 0 Å². The minimum absolute atomic E-state index is 0.503. The lowest BCUT2D eigenvalue weighted by atomic mass is 10.5. The van der Waals surface area contributed by atoms with Gasteiger partial charge in [-0.1, -0.05) is 0 Å². The Balaban J connectivity index is 1.97. The lowest BCUT2D eigenvalue weighted by Gasteiger charge is -2.10. The van der Waals surface area contributed by atoms with Crippen molar-refractivity contribution in [3.05, 3.63) is 24.8 Å². The summed E-state index contributed by atoms with van der Waals surface area (Å²) in [7, 11) is 0. The van der Waals surface area contributed by atoms with Crippen LogP contribution in [-0.4, -0.2) is 57.3 Å². The van der Waals surface area contributed by atoms with Crippen LogP contribution in [0.25, 0.3) is 11.6 Å². The Morgan fingerprint density at radius 2 is 1.23 bits per heavy atom. The lowest BCUT2D eigenvalue weighted by Crippen LogP contribution is -2.12. The molecule has 2 rings (SSSR count).